The number of carbonyl (C=O) groups is 3. The van der Waals surface area contributed by atoms with Crippen molar-refractivity contribution in [3.63, 3.8) is 0 Å². The van der Waals surface area contributed by atoms with Crippen LogP contribution in [0.4, 0.5) is 13.2 Å². The van der Waals surface area contributed by atoms with Crippen LogP contribution in [0.5, 0.6) is 11.5 Å². The Morgan fingerprint density at radius 3 is 2.37 bits per heavy atom. The number of hydrogen-bond acceptors (Lipinski definition) is 8. The lowest BCUT2D eigenvalue weighted by Gasteiger charge is -2.09. The lowest BCUT2D eigenvalue weighted by molar-refractivity contribution is -0.274. The molecule has 0 aliphatic heterocycles. The number of hydrogen-bond donors (Lipinski definition) is 4. The van der Waals surface area contributed by atoms with Gasteiger partial charge in [0.15, 0.2) is 0 Å². The average molecular weight is 603 g/mol. The third-order valence-corrected chi connectivity index (χ3v) is 7.65. The number of carbonyl (C=O) groups excluding carboxylic acids is 3. The summed E-state index contributed by atoms with van der Waals surface area (Å²) >= 11 is 2.10. The van der Waals surface area contributed by atoms with E-state index >= 15 is 0 Å². The van der Waals surface area contributed by atoms with E-state index in [-0.39, 0.29) is 33.5 Å². The molecule has 0 saturated heterocycles. The lowest BCUT2D eigenvalue weighted by atomic mass is 10.1. The van der Waals surface area contributed by atoms with Gasteiger partial charge in [0, 0.05) is 17.5 Å². The quantitative estimate of drug-likeness (QED) is 0.153. The number of amides is 3. The third kappa shape index (κ3) is 7.49. The van der Waals surface area contributed by atoms with Crippen LogP contribution in [-0.2, 0) is 6.54 Å². The summed E-state index contributed by atoms with van der Waals surface area (Å²) < 4.78 is 41.0. The Balaban J connectivity index is 1.36. The first kappa shape index (κ1) is 29.3. The molecule has 0 bridgehead atoms. The molecule has 0 radical (unpaired) electrons. The van der Waals surface area contributed by atoms with E-state index in [9.17, 15) is 32.7 Å². The monoisotopic (exact) mass is 602 g/mol. The molecular weight excluding hydrogens is 581 g/mol. The van der Waals surface area contributed by atoms with E-state index in [2.05, 4.69) is 20.6 Å². The first-order valence-electron chi connectivity index (χ1n) is 11.7. The van der Waals surface area contributed by atoms with Crippen molar-refractivity contribution in [1.82, 2.24) is 10.7 Å². The molecule has 2 aromatic heterocycles. The van der Waals surface area contributed by atoms with E-state index in [1.54, 1.807) is 36.6 Å². The van der Waals surface area contributed by atoms with Crippen LogP contribution >= 0.6 is 22.7 Å². The number of hydrazone groups is 1. The molecule has 5 N–H and O–H groups in total. The van der Waals surface area contributed by atoms with Gasteiger partial charge in [0.2, 0.25) is 5.91 Å². The number of halogens is 3. The summed E-state index contributed by atoms with van der Waals surface area (Å²) in [4.78, 5) is 37.4. The van der Waals surface area contributed by atoms with Crippen molar-refractivity contribution in [2.45, 2.75) is 19.8 Å². The van der Waals surface area contributed by atoms with E-state index < -0.39 is 24.1 Å². The maximum Gasteiger partial charge on any atom is 0.573 e. The van der Waals surface area contributed by atoms with Gasteiger partial charge >= 0.3 is 6.36 Å². The van der Waals surface area contributed by atoms with Crippen LogP contribution < -0.4 is 21.2 Å². The van der Waals surface area contributed by atoms with Crippen molar-refractivity contribution in [3.8, 4) is 21.9 Å². The molecular formula is C27H21F3N4O5S2. The van der Waals surface area contributed by atoms with Crippen molar-refractivity contribution in [1.29, 1.82) is 0 Å². The van der Waals surface area contributed by atoms with E-state index in [0.29, 0.717) is 27.1 Å². The predicted molar refractivity (Wildman–Crippen MR) is 148 cm³/mol. The number of aromatic hydroxyl groups is 1. The molecule has 0 aliphatic carbocycles. The van der Waals surface area contributed by atoms with Gasteiger partial charge in [0.1, 0.15) is 11.5 Å². The molecule has 4 rings (SSSR count). The van der Waals surface area contributed by atoms with Crippen LogP contribution in [-0.4, -0.2) is 34.9 Å². The van der Waals surface area contributed by atoms with Crippen LogP contribution in [0.3, 0.4) is 0 Å². The summed E-state index contributed by atoms with van der Waals surface area (Å²) in [6.07, 6.45) is -4.81. The third-order valence-electron chi connectivity index (χ3n) is 5.55. The molecule has 4 aromatic rings. The molecule has 0 saturated carbocycles. The zero-order valence-corrected chi connectivity index (χ0v) is 22.7. The normalized spacial score (nSPS) is 11.7. The van der Waals surface area contributed by atoms with Gasteiger partial charge in [0.25, 0.3) is 11.8 Å². The van der Waals surface area contributed by atoms with E-state index in [4.69, 9.17) is 5.73 Å². The Labute approximate surface area is 239 Å². The van der Waals surface area contributed by atoms with Crippen LogP contribution in [0.1, 0.15) is 47.8 Å². The highest BCUT2D eigenvalue weighted by atomic mass is 32.1. The summed E-state index contributed by atoms with van der Waals surface area (Å²) in [6.45, 7) is 1.72. The number of primary amides is 1. The fourth-order valence-corrected chi connectivity index (χ4v) is 5.38. The van der Waals surface area contributed by atoms with Crippen molar-refractivity contribution < 1.29 is 37.4 Å². The van der Waals surface area contributed by atoms with Gasteiger partial charge in [-0.3, -0.25) is 14.4 Å². The number of ether oxygens (including phenoxy) is 1. The summed E-state index contributed by atoms with van der Waals surface area (Å²) in [5.74, 6) is -2.09. The number of alkyl halides is 3. The zero-order chi connectivity index (χ0) is 29.7. The highest BCUT2D eigenvalue weighted by molar-refractivity contribution is 7.16. The Bertz CT molecular complexity index is 1630. The van der Waals surface area contributed by atoms with E-state index in [1.807, 2.05) is 0 Å². The van der Waals surface area contributed by atoms with Gasteiger partial charge in [0.05, 0.1) is 25.9 Å². The molecule has 2 heterocycles. The smallest absolute Gasteiger partial charge is 0.506 e. The number of nitrogens with zero attached hydrogens (tertiary/aromatic N) is 1. The van der Waals surface area contributed by atoms with Crippen molar-refractivity contribution in [2.75, 3.05) is 0 Å². The van der Waals surface area contributed by atoms with Gasteiger partial charge in [-0.15, -0.1) is 35.8 Å². The highest BCUT2D eigenvalue weighted by Crippen LogP contribution is 2.39. The maximum atomic E-state index is 12.6. The van der Waals surface area contributed by atoms with E-state index in [0.717, 1.165) is 34.8 Å². The zero-order valence-electron chi connectivity index (χ0n) is 21.1. The predicted octanol–water partition coefficient (Wildman–Crippen LogP) is 5.26. The minimum absolute atomic E-state index is 0.147. The minimum Gasteiger partial charge on any atom is -0.506 e. The van der Waals surface area contributed by atoms with Crippen molar-refractivity contribution >= 4 is 46.1 Å². The summed E-state index contributed by atoms with van der Waals surface area (Å²) in [6, 6.07) is 14.5. The van der Waals surface area contributed by atoms with Gasteiger partial charge in [-0.25, -0.2) is 5.43 Å². The van der Waals surface area contributed by atoms with Crippen LogP contribution in [0.2, 0.25) is 0 Å². The van der Waals surface area contributed by atoms with Crippen LogP contribution in [0, 0.1) is 0 Å². The summed E-state index contributed by atoms with van der Waals surface area (Å²) in [5, 5.41) is 19.0. The fourth-order valence-electron chi connectivity index (χ4n) is 3.56. The first-order valence-corrected chi connectivity index (χ1v) is 13.4. The Hall–Kier alpha value is -4.69. The molecule has 0 unspecified atom stereocenters. The van der Waals surface area contributed by atoms with Gasteiger partial charge < -0.3 is 20.9 Å². The average Bonchev–Trinajstić information content (AvgIpc) is 3.57. The molecule has 0 fully saturated rings. The molecule has 3 amide bonds. The minimum atomic E-state index is -4.81. The molecule has 41 heavy (non-hydrogen) atoms. The SMILES string of the molecule is CC(=NNC(=O)c1ccc(C(=O)NCc2cccc(C(N)=O)c2)s1)c1csc(-c2ccc(OC(F)(F)F)cc2)c1O. The van der Waals surface area contributed by atoms with Gasteiger partial charge in [-0.2, -0.15) is 5.10 Å². The van der Waals surface area contributed by atoms with Gasteiger partial charge in [-0.1, -0.05) is 12.1 Å². The lowest BCUT2D eigenvalue weighted by Crippen LogP contribution is -2.22. The molecule has 0 aliphatic rings. The summed E-state index contributed by atoms with van der Waals surface area (Å²) in [5.41, 5.74) is 9.74. The maximum absolute atomic E-state index is 12.6. The molecule has 2 aromatic carbocycles. The number of nitrogens with one attached hydrogen (secondary N) is 2. The van der Waals surface area contributed by atoms with Crippen molar-refractivity contribution in [3.05, 3.63) is 92.5 Å². The molecule has 0 atom stereocenters. The highest BCUT2D eigenvalue weighted by Gasteiger charge is 2.31. The van der Waals surface area contributed by atoms with Crippen molar-refractivity contribution in [2.24, 2.45) is 10.8 Å². The van der Waals surface area contributed by atoms with Crippen LogP contribution in [0.25, 0.3) is 10.4 Å². The standard InChI is InChI=1S/C27H21F3N4O5S2/c1-14(19-13-40-23(22(19)35)16-5-7-18(8-6-16)39-27(28,29)30)33-34-26(38)21-10-9-20(41-21)25(37)32-12-15-3-2-4-17(11-15)24(31)36/h2-11,13,35H,12H2,1H3,(H2,31,36)(H,32,37)(H,34,38). The Morgan fingerprint density at radius 1 is 1.02 bits per heavy atom. The number of thiophene rings is 2. The Kier molecular flexibility index (Phi) is 8.74. The Morgan fingerprint density at radius 2 is 1.71 bits per heavy atom. The largest absolute Gasteiger partial charge is 0.573 e. The second-order valence-electron chi connectivity index (χ2n) is 8.45. The summed E-state index contributed by atoms with van der Waals surface area (Å²) in [7, 11) is 0. The second-order valence-corrected chi connectivity index (χ2v) is 10.4. The fraction of sp³-hybridized carbons (Fsp3) is 0.111. The number of nitrogens with two attached hydrogens (primary N) is 1. The molecule has 9 nitrogen and oxygen atoms in total. The second kappa shape index (κ2) is 12.2. The van der Waals surface area contributed by atoms with Crippen LogP contribution in [0.15, 0.2) is 71.1 Å². The van der Waals surface area contributed by atoms with Gasteiger partial charge in [-0.05, 0) is 66.6 Å². The first-order chi connectivity index (χ1) is 19.4. The van der Waals surface area contributed by atoms with E-state index in [1.165, 1.54) is 24.3 Å². The molecule has 0 spiro atoms. The molecule has 212 valence electrons. The number of rotatable bonds is 9. The number of benzene rings is 2. The topological polar surface area (TPSA) is 143 Å². The molecule has 14 heteroatoms.